The van der Waals surface area contributed by atoms with E-state index in [-0.39, 0.29) is 28.6 Å². The van der Waals surface area contributed by atoms with Gasteiger partial charge in [0.2, 0.25) is 5.91 Å². The Bertz CT molecular complexity index is 479. The minimum Gasteiger partial charge on any atom is -0.389 e. The first kappa shape index (κ1) is 12.4. The first-order chi connectivity index (χ1) is 7.43. The standard InChI is InChI=1S/C10H13N3O2S/c1-12(2)8(14)6-13-5-3-4-7(9(11)16)10(13)15/h3-5H,6H2,1-2H3,(H2,11,16). The number of nitrogens with two attached hydrogens (primary N) is 1. The Morgan fingerprint density at radius 3 is 2.69 bits per heavy atom. The van der Waals surface area contributed by atoms with Crippen LogP contribution >= 0.6 is 12.2 Å². The molecule has 86 valence electrons. The van der Waals surface area contributed by atoms with Crippen LogP contribution in [0.15, 0.2) is 23.1 Å². The molecule has 0 aliphatic heterocycles. The van der Waals surface area contributed by atoms with Crippen LogP contribution in [-0.4, -0.2) is 34.5 Å². The molecule has 0 spiro atoms. The van der Waals surface area contributed by atoms with Crippen molar-refractivity contribution in [3.05, 3.63) is 34.2 Å². The fraction of sp³-hybridized carbons (Fsp3) is 0.300. The van der Waals surface area contributed by atoms with Crippen molar-refractivity contribution in [2.45, 2.75) is 6.54 Å². The lowest BCUT2D eigenvalue weighted by Crippen LogP contribution is -2.34. The number of carbonyl (C=O) groups excluding carboxylic acids is 1. The molecular formula is C10H13N3O2S. The van der Waals surface area contributed by atoms with E-state index in [9.17, 15) is 9.59 Å². The maximum atomic E-state index is 11.8. The smallest absolute Gasteiger partial charge is 0.261 e. The normalized spacial score (nSPS) is 9.88. The molecular weight excluding hydrogens is 226 g/mol. The largest absolute Gasteiger partial charge is 0.389 e. The zero-order valence-corrected chi connectivity index (χ0v) is 9.95. The topological polar surface area (TPSA) is 68.3 Å². The maximum absolute atomic E-state index is 11.8. The maximum Gasteiger partial charge on any atom is 0.261 e. The summed E-state index contributed by atoms with van der Waals surface area (Å²) >= 11 is 4.74. The fourth-order valence-electron chi connectivity index (χ4n) is 1.14. The Balaban J connectivity index is 3.08. The number of thiocarbonyl (C=S) groups is 1. The molecule has 0 fully saturated rings. The fourth-order valence-corrected chi connectivity index (χ4v) is 1.29. The predicted octanol–water partition coefficient (Wildman–Crippen LogP) is -0.429. The van der Waals surface area contributed by atoms with Gasteiger partial charge in [-0.1, -0.05) is 12.2 Å². The van der Waals surface area contributed by atoms with Gasteiger partial charge in [-0.25, -0.2) is 0 Å². The highest BCUT2D eigenvalue weighted by atomic mass is 32.1. The molecule has 1 rings (SSSR count). The number of carbonyl (C=O) groups is 1. The van der Waals surface area contributed by atoms with Crippen molar-refractivity contribution in [2.24, 2.45) is 5.73 Å². The molecule has 0 saturated heterocycles. The van der Waals surface area contributed by atoms with E-state index in [1.165, 1.54) is 15.7 Å². The highest BCUT2D eigenvalue weighted by Gasteiger charge is 2.09. The molecule has 5 nitrogen and oxygen atoms in total. The quantitative estimate of drug-likeness (QED) is 0.727. The molecule has 6 heteroatoms. The van der Waals surface area contributed by atoms with Gasteiger partial charge < -0.3 is 15.2 Å². The summed E-state index contributed by atoms with van der Waals surface area (Å²) in [5.41, 5.74) is 5.31. The third kappa shape index (κ3) is 2.66. The molecule has 0 aromatic carbocycles. The van der Waals surface area contributed by atoms with Gasteiger partial charge in [0, 0.05) is 20.3 Å². The van der Waals surface area contributed by atoms with E-state index in [4.69, 9.17) is 18.0 Å². The summed E-state index contributed by atoms with van der Waals surface area (Å²) in [6.07, 6.45) is 1.53. The highest BCUT2D eigenvalue weighted by molar-refractivity contribution is 7.80. The number of hydrogen-bond acceptors (Lipinski definition) is 3. The highest BCUT2D eigenvalue weighted by Crippen LogP contribution is 1.93. The van der Waals surface area contributed by atoms with Gasteiger partial charge in [-0.15, -0.1) is 0 Å². The van der Waals surface area contributed by atoms with E-state index in [1.54, 1.807) is 26.2 Å². The Morgan fingerprint density at radius 2 is 2.19 bits per heavy atom. The van der Waals surface area contributed by atoms with E-state index in [0.717, 1.165) is 0 Å². The van der Waals surface area contributed by atoms with E-state index < -0.39 is 0 Å². The summed E-state index contributed by atoms with van der Waals surface area (Å²) in [5, 5.41) is 0. The van der Waals surface area contributed by atoms with Crippen molar-refractivity contribution in [2.75, 3.05) is 14.1 Å². The van der Waals surface area contributed by atoms with Gasteiger partial charge in [0.1, 0.15) is 11.5 Å². The zero-order chi connectivity index (χ0) is 12.3. The number of likely N-dealkylation sites (N-methyl/N-ethyl adjacent to an activating group) is 1. The summed E-state index contributed by atoms with van der Waals surface area (Å²) in [7, 11) is 3.26. The SMILES string of the molecule is CN(C)C(=O)Cn1cccc(C(N)=S)c1=O. The molecule has 1 aromatic heterocycles. The first-order valence-corrected chi connectivity index (χ1v) is 5.03. The minimum absolute atomic E-state index is 0.0116. The van der Waals surface area contributed by atoms with Crippen LogP contribution in [0, 0.1) is 0 Å². The average molecular weight is 239 g/mol. The van der Waals surface area contributed by atoms with E-state index >= 15 is 0 Å². The molecule has 0 aliphatic carbocycles. The number of amides is 1. The number of pyridine rings is 1. The molecule has 0 radical (unpaired) electrons. The zero-order valence-electron chi connectivity index (χ0n) is 9.14. The van der Waals surface area contributed by atoms with Gasteiger partial charge in [0.05, 0.1) is 5.56 Å². The Morgan fingerprint density at radius 1 is 1.56 bits per heavy atom. The Labute approximate surface area is 98.5 Å². The van der Waals surface area contributed by atoms with Crippen LogP contribution in [0.3, 0.4) is 0 Å². The van der Waals surface area contributed by atoms with Crippen LogP contribution in [0.4, 0.5) is 0 Å². The number of nitrogens with zero attached hydrogens (tertiary/aromatic N) is 2. The predicted molar refractivity (Wildman–Crippen MR) is 65.3 cm³/mol. The second kappa shape index (κ2) is 4.89. The van der Waals surface area contributed by atoms with Crippen molar-refractivity contribution in [3.63, 3.8) is 0 Å². The summed E-state index contributed by atoms with van der Waals surface area (Å²) in [6, 6.07) is 3.18. The van der Waals surface area contributed by atoms with Crippen LogP contribution in [0.25, 0.3) is 0 Å². The molecule has 1 aromatic rings. The average Bonchev–Trinajstić information content (AvgIpc) is 2.20. The van der Waals surface area contributed by atoms with Crippen LogP contribution < -0.4 is 11.3 Å². The third-order valence-electron chi connectivity index (χ3n) is 2.09. The van der Waals surface area contributed by atoms with Crippen LogP contribution in [0.2, 0.25) is 0 Å². The molecule has 0 atom stereocenters. The second-order valence-electron chi connectivity index (χ2n) is 3.51. The summed E-state index contributed by atoms with van der Waals surface area (Å²) < 4.78 is 1.29. The van der Waals surface area contributed by atoms with Gasteiger partial charge in [0.25, 0.3) is 5.56 Å². The third-order valence-corrected chi connectivity index (χ3v) is 2.31. The number of hydrogen-bond donors (Lipinski definition) is 1. The van der Waals surface area contributed by atoms with Crippen molar-refractivity contribution >= 4 is 23.1 Å². The lowest BCUT2D eigenvalue weighted by Gasteiger charge is -2.12. The van der Waals surface area contributed by atoms with Crippen LogP contribution in [0.1, 0.15) is 5.56 Å². The van der Waals surface area contributed by atoms with Crippen LogP contribution in [0.5, 0.6) is 0 Å². The number of aromatic nitrogens is 1. The molecule has 16 heavy (non-hydrogen) atoms. The molecule has 1 heterocycles. The lowest BCUT2D eigenvalue weighted by molar-refractivity contribution is -0.129. The van der Waals surface area contributed by atoms with Crippen molar-refractivity contribution in [3.8, 4) is 0 Å². The summed E-state index contributed by atoms with van der Waals surface area (Å²) in [5.74, 6) is -0.165. The van der Waals surface area contributed by atoms with E-state index in [1.807, 2.05) is 0 Å². The van der Waals surface area contributed by atoms with Crippen molar-refractivity contribution in [1.29, 1.82) is 0 Å². The van der Waals surface area contributed by atoms with Crippen LogP contribution in [-0.2, 0) is 11.3 Å². The molecule has 2 N–H and O–H groups in total. The monoisotopic (exact) mass is 239 g/mol. The summed E-state index contributed by atoms with van der Waals surface area (Å²) in [4.78, 5) is 24.7. The van der Waals surface area contributed by atoms with Gasteiger partial charge >= 0.3 is 0 Å². The first-order valence-electron chi connectivity index (χ1n) is 4.63. The molecule has 0 saturated carbocycles. The Kier molecular flexibility index (Phi) is 3.78. The minimum atomic E-state index is -0.342. The molecule has 1 amide bonds. The van der Waals surface area contributed by atoms with E-state index in [2.05, 4.69) is 0 Å². The molecule has 0 aliphatic rings. The van der Waals surface area contributed by atoms with Crippen molar-refractivity contribution < 1.29 is 4.79 Å². The molecule has 0 unspecified atom stereocenters. The summed E-state index contributed by atoms with van der Waals surface area (Å²) in [6.45, 7) is -0.0116. The van der Waals surface area contributed by atoms with Gasteiger partial charge in [-0.2, -0.15) is 0 Å². The number of rotatable bonds is 3. The van der Waals surface area contributed by atoms with Crippen molar-refractivity contribution in [1.82, 2.24) is 9.47 Å². The van der Waals surface area contributed by atoms with Gasteiger partial charge in [-0.3, -0.25) is 9.59 Å². The Hall–Kier alpha value is -1.69. The van der Waals surface area contributed by atoms with Gasteiger partial charge in [0.15, 0.2) is 0 Å². The van der Waals surface area contributed by atoms with Gasteiger partial charge in [-0.05, 0) is 12.1 Å². The van der Waals surface area contributed by atoms with E-state index in [0.29, 0.717) is 0 Å². The lowest BCUT2D eigenvalue weighted by atomic mass is 10.3. The second-order valence-corrected chi connectivity index (χ2v) is 3.95. The molecule has 0 bridgehead atoms.